The number of hydrogen-bond donors (Lipinski definition) is 1. The van der Waals surface area contributed by atoms with E-state index in [9.17, 15) is 0 Å². The number of piperidine rings is 1. The normalized spacial score (nSPS) is 24.6. The molecule has 1 unspecified atom stereocenters. The maximum atomic E-state index is 6.11. The average Bonchev–Trinajstić information content (AvgIpc) is 2.51. The van der Waals surface area contributed by atoms with Crippen LogP contribution < -0.4 is 9.64 Å². The average molecular weight is 341 g/mol. The molecular formula is C19H31ClNO2+. The summed E-state index contributed by atoms with van der Waals surface area (Å²) in [5.74, 6) is 2.56. The number of quaternary nitrogens is 1. The van der Waals surface area contributed by atoms with E-state index in [1.807, 2.05) is 18.2 Å². The third kappa shape index (κ3) is 6.33. The molecule has 3 nitrogen and oxygen atoms in total. The van der Waals surface area contributed by atoms with Crippen molar-refractivity contribution in [3.8, 4) is 5.75 Å². The highest BCUT2D eigenvalue weighted by Gasteiger charge is 2.24. The van der Waals surface area contributed by atoms with Gasteiger partial charge in [0.25, 0.3) is 0 Å². The first kappa shape index (κ1) is 18.6. The summed E-state index contributed by atoms with van der Waals surface area (Å²) in [6.45, 7) is 12.5. The Bertz CT molecular complexity index is 470. The van der Waals surface area contributed by atoms with Gasteiger partial charge in [0.05, 0.1) is 26.3 Å². The molecule has 23 heavy (non-hydrogen) atoms. The Labute approximate surface area is 145 Å². The molecule has 0 aliphatic carbocycles. The summed E-state index contributed by atoms with van der Waals surface area (Å²) in [6.07, 6.45) is 2.29. The second-order valence-corrected chi connectivity index (χ2v) is 7.33. The van der Waals surface area contributed by atoms with Crippen molar-refractivity contribution in [2.24, 2.45) is 11.8 Å². The molecule has 0 aromatic heterocycles. The van der Waals surface area contributed by atoms with Crippen LogP contribution in [0.5, 0.6) is 5.75 Å². The van der Waals surface area contributed by atoms with E-state index in [0.29, 0.717) is 13.2 Å². The molecule has 0 saturated carbocycles. The van der Waals surface area contributed by atoms with Crippen LogP contribution in [0.2, 0.25) is 5.02 Å². The fourth-order valence-electron chi connectivity index (χ4n) is 3.58. The zero-order valence-corrected chi connectivity index (χ0v) is 15.5. The van der Waals surface area contributed by atoms with E-state index < -0.39 is 0 Å². The van der Waals surface area contributed by atoms with Crippen molar-refractivity contribution in [3.05, 3.63) is 28.8 Å². The quantitative estimate of drug-likeness (QED) is 0.735. The lowest BCUT2D eigenvalue weighted by Gasteiger charge is -2.31. The van der Waals surface area contributed by atoms with Gasteiger partial charge in [0, 0.05) is 16.9 Å². The van der Waals surface area contributed by atoms with Crippen LogP contribution in [0, 0.1) is 11.8 Å². The molecule has 2 rings (SSSR count). The fraction of sp³-hybridized carbons (Fsp3) is 0.684. The first-order valence-electron chi connectivity index (χ1n) is 8.91. The van der Waals surface area contributed by atoms with Gasteiger partial charge in [-0.2, -0.15) is 0 Å². The number of rotatable bonds is 8. The summed E-state index contributed by atoms with van der Waals surface area (Å²) >= 11 is 6.11. The fourth-order valence-corrected chi connectivity index (χ4v) is 3.83. The molecule has 1 heterocycles. The van der Waals surface area contributed by atoms with Gasteiger partial charge in [0.2, 0.25) is 0 Å². The molecule has 1 aliphatic heterocycles. The van der Waals surface area contributed by atoms with Crippen molar-refractivity contribution in [2.45, 2.75) is 33.6 Å². The molecule has 3 atom stereocenters. The van der Waals surface area contributed by atoms with Crippen molar-refractivity contribution in [1.82, 2.24) is 0 Å². The van der Waals surface area contributed by atoms with Crippen LogP contribution in [-0.2, 0) is 11.2 Å². The Hall–Kier alpha value is -0.770. The molecule has 1 saturated heterocycles. The van der Waals surface area contributed by atoms with Crippen LogP contribution in [0.25, 0.3) is 0 Å². The summed E-state index contributed by atoms with van der Waals surface area (Å²) in [5.41, 5.74) is 1.13. The third-order valence-electron chi connectivity index (χ3n) is 4.57. The molecule has 0 amide bonds. The number of benzene rings is 1. The van der Waals surface area contributed by atoms with Crippen LogP contribution in [-0.4, -0.2) is 39.5 Å². The number of halogens is 1. The van der Waals surface area contributed by atoms with E-state index in [1.54, 1.807) is 4.90 Å². The minimum Gasteiger partial charge on any atom is -0.491 e. The maximum Gasteiger partial charge on any atom is 0.119 e. The van der Waals surface area contributed by atoms with Gasteiger partial charge in [0.15, 0.2) is 0 Å². The molecular weight excluding hydrogens is 310 g/mol. The smallest absolute Gasteiger partial charge is 0.119 e. The molecule has 0 bridgehead atoms. The Morgan fingerprint density at radius 3 is 2.57 bits per heavy atom. The monoisotopic (exact) mass is 340 g/mol. The topological polar surface area (TPSA) is 22.9 Å². The van der Waals surface area contributed by atoms with Crippen molar-refractivity contribution in [2.75, 3.05) is 39.5 Å². The van der Waals surface area contributed by atoms with E-state index in [-0.39, 0.29) is 0 Å². The number of hydrogen-bond acceptors (Lipinski definition) is 2. The molecule has 130 valence electrons. The third-order valence-corrected chi connectivity index (χ3v) is 4.94. The number of ether oxygens (including phenoxy) is 2. The lowest BCUT2D eigenvalue weighted by molar-refractivity contribution is -0.912. The number of likely N-dealkylation sites (tertiary alicyclic amines) is 1. The molecule has 0 spiro atoms. The van der Waals surface area contributed by atoms with Crippen LogP contribution >= 0.6 is 11.6 Å². The summed E-state index contributed by atoms with van der Waals surface area (Å²) in [4.78, 5) is 1.68. The lowest BCUT2D eigenvalue weighted by atomic mass is 9.92. The van der Waals surface area contributed by atoms with Crippen molar-refractivity contribution in [1.29, 1.82) is 0 Å². The second-order valence-electron chi connectivity index (χ2n) is 6.92. The predicted octanol–water partition coefficient (Wildman–Crippen LogP) is 2.86. The summed E-state index contributed by atoms with van der Waals surface area (Å²) in [5, 5.41) is 0.809. The van der Waals surface area contributed by atoms with Crippen molar-refractivity contribution < 1.29 is 14.4 Å². The first-order valence-corrected chi connectivity index (χ1v) is 9.28. The zero-order chi connectivity index (χ0) is 16.7. The molecule has 1 fully saturated rings. The highest BCUT2D eigenvalue weighted by atomic mass is 35.5. The lowest BCUT2D eigenvalue weighted by Crippen LogP contribution is -3.14. The van der Waals surface area contributed by atoms with Gasteiger partial charge in [-0.05, 0) is 36.6 Å². The largest absolute Gasteiger partial charge is 0.491 e. The Kier molecular flexibility index (Phi) is 7.68. The molecule has 1 aromatic carbocycles. The first-order chi connectivity index (χ1) is 11.1. The summed E-state index contributed by atoms with van der Waals surface area (Å²) in [6, 6.07) is 5.84. The van der Waals surface area contributed by atoms with E-state index in [4.69, 9.17) is 21.1 Å². The van der Waals surface area contributed by atoms with Gasteiger partial charge >= 0.3 is 0 Å². The van der Waals surface area contributed by atoms with Crippen molar-refractivity contribution >= 4 is 11.6 Å². The molecule has 4 heteroatoms. The van der Waals surface area contributed by atoms with Gasteiger partial charge in [-0.1, -0.05) is 32.4 Å². The SMILES string of the molecule is CCc1cc(OCCOCC[NH+]2C[C@H](C)C[C@H](C)C2)ccc1Cl. The van der Waals surface area contributed by atoms with E-state index >= 15 is 0 Å². The van der Waals surface area contributed by atoms with Crippen molar-refractivity contribution in [3.63, 3.8) is 0 Å². The predicted molar refractivity (Wildman–Crippen MR) is 95.7 cm³/mol. The molecule has 0 radical (unpaired) electrons. The second kappa shape index (κ2) is 9.51. The van der Waals surface area contributed by atoms with Crippen LogP contribution in [0.1, 0.15) is 32.8 Å². The standard InChI is InChI=1S/C19H30ClNO2/c1-4-17-12-18(5-6-19(17)20)23-10-9-22-8-7-21-13-15(2)11-16(3)14-21/h5-6,12,15-16H,4,7-11,13-14H2,1-3H3/p+1/t15-,16+. The van der Waals surface area contributed by atoms with Crippen LogP contribution in [0.4, 0.5) is 0 Å². The number of nitrogens with one attached hydrogen (secondary N) is 1. The molecule has 1 N–H and O–H groups in total. The van der Waals surface area contributed by atoms with Gasteiger partial charge in [0.1, 0.15) is 18.9 Å². The molecule has 1 aliphatic rings. The number of aryl methyl sites for hydroxylation is 1. The highest BCUT2D eigenvalue weighted by molar-refractivity contribution is 6.31. The van der Waals surface area contributed by atoms with Gasteiger partial charge in [-0.3, -0.25) is 0 Å². The minimum absolute atomic E-state index is 0.590. The van der Waals surface area contributed by atoms with Gasteiger partial charge in [-0.15, -0.1) is 0 Å². The zero-order valence-electron chi connectivity index (χ0n) is 14.7. The van der Waals surface area contributed by atoms with Gasteiger partial charge in [-0.25, -0.2) is 0 Å². The van der Waals surface area contributed by atoms with Gasteiger partial charge < -0.3 is 14.4 Å². The minimum atomic E-state index is 0.590. The summed E-state index contributed by atoms with van der Waals surface area (Å²) < 4.78 is 11.5. The summed E-state index contributed by atoms with van der Waals surface area (Å²) in [7, 11) is 0. The maximum absolute atomic E-state index is 6.11. The van der Waals surface area contributed by atoms with Crippen LogP contribution in [0.3, 0.4) is 0 Å². The van der Waals surface area contributed by atoms with E-state index in [1.165, 1.54) is 19.5 Å². The Morgan fingerprint density at radius 2 is 1.87 bits per heavy atom. The Balaban J connectivity index is 1.59. The Morgan fingerprint density at radius 1 is 1.13 bits per heavy atom. The highest BCUT2D eigenvalue weighted by Crippen LogP contribution is 2.22. The molecule has 1 aromatic rings. The van der Waals surface area contributed by atoms with E-state index in [2.05, 4.69) is 20.8 Å². The van der Waals surface area contributed by atoms with Crippen LogP contribution in [0.15, 0.2) is 18.2 Å². The van der Waals surface area contributed by atoms with E-state index in [0.717, 1.165) is 47.7 Å².